The van der Waals surface area contributed by atoms with Gasteiger partial charge in [-0.05, 0) is 40.2 Å². The van der Waals surface area contributed by atoms with Crippen LogP contribution >= 0.6 is 15.9 Å². The van der Waals surface area contributed by atoms with E-state index in [9.17, 15) is 4.79 Å². The van der Waals surface area contributed by atoms with Crippen LogP contribution in [0, 0.1) is 0 Å². The Morgan fingerprint density at radius 3 is 2.62 bits per heavy atom. The molecule has 0 saturated carbocycles. The van der Waals surface area contributed by atoms with Gasteiger partial charge < -0.3 is 14.8 Å². The standard InChI is InChI=1S/C19H18BrN3O3/c20-15-12-21-23(13-15)18-9-5-4-8-17(18)22-19(24)14-25-10-11-26-16-6-2-1-3-7-16/h1-9,12-13H,10-11,14H2,(H,22,24). The molecule has 3 rings (SSSR count). The van der Waals surface area contributed by atoms with E-state index in [-0.39, 0.29) is 12.5 Å². The molecule has 26 heavy (non-hydrogen) atoms. The van der Waals surface area contributed by atoms with Crippen molar-refractivity contribution in [3.8, 4) is 11.4 Å². The summed E-state index contributed by atoms with van der Waals surface area (Å²) in [6, 6.07) is 16.9. The Balaban J connectivity index is 1.46. The van der Waals surface area contributed by atoms with Crippen LogP contribution in [0.1, 0.15) is 0 Å². The van der Waals surface area contributed by atoms with E-state index in [4.69, 9.17) is 9.47 Å². The Morgan fingerprint density at radius 2 is 1.85 bits per heavy atom. The largest absolute Gasteiger partial charge is 0.491 e. The quantitative estimate of drug-likeness (QED) is 0.570. The van der Waals surface area contributed by atoms with Gasteiger partial charge in [0.1, 0.15) is 19.0 Å². The minimum absolute atomic E-state index is 0.0463. The van der Waals surface area contributed by atoms with Crippen molar-refractivity contribution in [3.63, 3.8) is 0 Å². The van der Waals surface area contributed by atoms with Gasteiger partial charge in [0, 0.05) is 6.20 Å². The summed E-state index contributed by atoms with van der Waals surface area (Å²) in [6.45, 7) is 0.667. The summed E-state index contributed by atoms with van der Waals surface area (Å²) in [7, 11) is 0. The van der Waals surface area contributed by atoms with Crippen molar-refractivity contribution in [1.82, 2.24) is 9.78 Å². The molecule has 0 aliphatic carbocycles. The second-order valence-electron chi connectivity index (χ2n) is 5.38. The number of rotatable bonds is 8. The van der Waals surface area contributed by atoms with E-state index >= 15 is 0 Å². The first-order chi connectivity index (χ1) is 12.7. The van der Waals surface area contributed by atoms with E-state index in [1.165, 1.54) is 0 Å². The Morgan fingerprint density at radius 1 is 1.08 bits per heavy atom. The summed E-state index contributed by atoms with van der Waals surface area (Å²) in [4.78, 5) is 12.1. The normalized spacial score (nSPS) is 10.5. The fraction of sp³-hybridized carbons (Fsp3) is 0.158. The van der Waals surface area contributed by atoms with Crippen molar-refractivity contribution >= 4 is 27.5 Å². The number of para-hydroxylation sites is 3. The summed E-state index contributed by atoms with van der Waals surface area (Å²) >= 11 is 3.37. The van der Waals surface area contributed by atoms with Crippen LogP contribution in [-0.4, -0.2) is 35.5 Å². The smallest absolute Gasteiger partial charge is 0.250 e. The van der Waals surface area contributed by atoms with Gasteiger partial charge in [-0.25, -0.2) is 4.68 Å². The lowest BCUT2D eigenvalue weighted by atomic mass is 10.2. The lowest BCUT2D eigenvalue weighted by molar-refractivity contribution is -0.120. The molecule has 0 unspecified atom stereocenters. The number of aromatic nitrogens is 2. The number of nitrogens with zero attached hydrogens (tertiary/aromatic N) is 2. The average Bonchev–Trinajstić information content (AvgIpc) is 3.09. The topological polar surface area (TPSA) is 65.4 Å². The van der Waals surface area contributed by atoms with Gasteiger partial charge in [-0.3, -0.25) is 4.79 Å². The first-order valence-corrected chi connectivity index (χ1v) is 8.87. The van der Waals surface area contributed by atoms with E-state index in [1.54, 1.807) is 10.9 Å². The van der Waals surface area contributed by atoms with Crippen molar-refractivity contribution < 1.29 is 14.3 Å². The highest BCUT2D eigenvalue weighted by molar-refractivity contribution is 9.10. The van der Waals surface area contributed by atoms with Gasteiger partial charge in [0.2, 0.25) is 5.91 Å². The first-order valence-electron chi connectivity index (χ1n) is 8.07. The van der Waals surface area contributed by atoms with Crippen molar-refractivity contribution in [3.05, 3.63) is 71.5 Å². The number of hydrogen-bond donors (Lipinski definition) is 1. The zero-order chi connectivity index (χ0) is 18.2. The predicted molar refractivity (Wildman–Crippen MR) is 103 cm³/mol. The molecule has 0 radical (unpaired) electrons. The second kappa shape index (κ2) is 9.17. The number of amides is 1. The highest BCUT2D eigenvalue weighted by Gasteiger charge is 2.09. The third-order valence-corrected chi connectivity index (χ3v) is 3.86. The fourth-order valence-electron chi connectivity index (χ4n) is 2.30. The molecule has 1 aromatic heterocycles. The maximum atomic E-state index is 12.1. The van der Waals surface area contributed by atoms with Gasteiger partial charge in [0.25, 0.3) is 0 Å². The van der Waals surface area contributed by atoms with Gasteiger partial charge >= 0.3 is 0 Å². The first kappa shape index (κ1) is 18.2. The SMILES string of the molecule is O=C(COCCOc1ccccc1)Nc1ccccc1-n1cc(Br)cn1. The second-order valence-corrected chi connectivity index (χ2v) is 6.30. The molecule has 0 atom stereocenters. The van der Waals surface area contributed by atoms with Crippen LogP contribution < -0.4 is 10.1 Å². The van der Waals surface area contributed by atoms with Gasteiger partial charge in [-0.1, -0.05) is 30.3 Å². The Kier molecular flexibility index (Phi) is 6.40. The Bertz CT molecular complexity index is 852. The third-order valence-electron chi connectivity index (χ3n) is 3.45. The van der Waals surface area contributed by atoms with Crippen LogP contribution in [0.2, 0.25) is 0 Å². The molecule has 0 aliphatic rings. The van der Waals surface area contributed by atoms with E-state index in [1.807, 2.05) is 60.8 Å². The summed E-state index contributed by atoms with van der Waals surface area (Å²) in [5, 5.41) is 7.09. The lowest BCUT2D eigenvalue weighted by Crippen LogP contribution is -2.21. The van der Waals surface area contributed by atoms with Crippen molar-refractivity contribution in [2.75, 3.05) is 25.1 Å². The third kappa shape index (κ3) is 5.18. The average molecular weight is 416 g/mol. The number of nitrogens with one attached hydrogen (secondary N) is 1. The molecule has 1 heterocycles. The summed E-state index contributed by atoms with van der Waals surface area (Å²) in [5.41, 5.74) is 1.44. The van der Waals surface area contributed by atoms with Crippen molar-refractivity contribution in [2.45, 2.75) is 0 Å². The van der Waals surface area contributed by atoms with Crippen LogP contribution in [0.5, 0.6) is 5.75 Å². The van der Waals surface area contributed by atoms with E-state index in [0.29, 0.717) is 18.9 Å². The molecule has 6 nitrogen and oxygen atoms in total. The number of halogens is 1. The van der Waals surface area contributed by atoms with Crippen LogP contribution in [0.4, 0.5) is 5.69 Å². The number of anilines is 1. The predicted octanol–water partition coefficient (Wildman–Crippen LogP) is 3.67. The van der Waals surface area contributed by atoms with Crippen LogP contribution in [0.15, 0.2) is 71.5 Å². The van der Waals surface area contributed by atoms with Crippen molar-refractivity contribution in [2.24, 2.45) is 0 Å². The van der Waals surface area contributed by atoms with E-state index in [0.717, 1.165) is 15.9 Å². The molecule has 0 aliphatic heterocycles. The summed E-state index contributed by atoms with van der Waals surface area (Å²) in [5.74, 6) is 0.545. The molecule has 0 spiro atoms. The lowest BCUT2D eigenvalue weighted by Gasteiger charge is -2.11. The molecule has 2 aromatic carbocycles. The van der Waals surface area contributed by atoms with Gasteiger partial charge in [0.15, 0.2) is 0 Å². The highest BCUT2D eigenvalue weighted by Crippen LogP contribution is 2.21. The minimum Gasteiger partial charge on any atom is -0.491 e. The molecule has 7 heteroatoms. The van der Waals surface area contributed by atoms with Gasteiger partial charge in [0.05, 0.1) is 28.7 Å². The molecule has 1 amide bonds. The molecule has 0 bridgehead atoms. The molecule has 0 saturated heterocycles. The summed E-state index contributed by atoms with van der Waals surface area (Å²) < 4.78 is 13.4. The maximum absolute atomic E-state index is 12.1. The van der Waals surface area contributed by atoms with Crippen LogP contribution in [0.25, 0.3) is 5.69 Å². The number of hydrogen-bond acceptors (Lipinski definition) is 4. The number of benzene rings is 2. The number of carbonyl (C=O) groups excluding carboxylic acids is 1. The Hall–Kier alpha value is -2.64. The fourth-order valence-corrected chi connectivity index (χ4v) is 2.58. The molecule has 1 N–H and O–H groups in total. The summed E-state index contributed by atoms with van der Waals surface area (Å²) in [6.07, 6.45) is 3.51. The van der Waals surface area contributed by atoms with Gasteiger partial charge in [-0.2, -0.15) is 5.10 Å². The maximum Gasteiger partial charge on any atom is 0.250 e. The minimum atomic E-state index is -0.233. The Labute approximate surface area is 159 Å². The van der Waals surface area contributed by atoms with E-state index in [2.05, 4.69) is 26.3 Å². The molecular weight excluding hydrogens is 398 g/mol. The molecule has 134 valence electrons. The molecular formula is C19H18BrN3O3. The van der Waals surface area contributed by atoms with Crippen LogP contribution in [0.3, 0.4) is 0 Å². The van der Waals surface area contributed by atoms with Crippen LogP contribution in [-0.2, 0) is 9.53 Å². The molecule has 3 aromatic rings. The number of carbonyl (C=O) groups is 1. The van der Waals surface area contributed by atoms with Crippen molar-refractivity contribution in [1.29, 1.82) is 0 Å². The zero-order valence-electron chi connectivity index (χ0n) is 14.0. The monoisotopic (exact) mass is 415 g/mol. The van der Waals surface area contributed by atoms with Gasteiger partial charge in [-0.15, -0.1) is 0 Å². The molecule has 0 fully saturated rings. The zero-order valence-corrected chi connectivity index (χ0v) is 15.6. The highest BCUT2D eigenvalue weighted by atomic mass is 79.9. The number of ether oxygens (including phenoxy) is 2. The van der Waals surface area contributed by atoms with E-state index < -0.39 is 0 Å².